The standard InChI is InChI=1S/C10H13N3O2.2ClH/c14-10(9-7-15-5-4-12-9)13-8-2-1-3-11-6-8;;/h1-3,6,9,12H,4-5,7H2,(H,13,14);2*1H. The maximum Gasteiger partial charge on any atom is 0.243 e. The molecule has 5 nitrogen and oxygen atoms in total. The third-order valence-electron chi connectivity index (χ3n) is 2.17. The summed E-state index contributed by atoms with van der Waals surface area (Å²) in [5.74, 6) is -0.0808. The lowest BCUT2D eigenvalue weighted by atomic mass is 10.2. The second-order valence-electron chi connectivity index (χ2n) is 3.31. The highest BCUT2D eigenvalue weighted by molar-refractivity contribution is 5.94. The van der Waals surface area contributed by atoms with E-state index in [1.807, 2.05) is 0 Å². The first kappa shape index (κ1) is 16.1. The van der Waals surface area contributed by atoms with Gasteiger partial charge in [-0.15, -0.1) is 24.8 Å². The first-order valence-corrected chi connectivity index (χ1v) is 4.88. The molecule has 2 rings (SSSR count). The summed E-state index contributed by atoms with van der Waals surface area (Å²) in [4.78, 5) is 15.6. The van der Waals surface area contributed by atoms with Crippen LogP contribution in [-0.4, -0.2) is 36.7 Å². The Labute approximate surface area is 112 Å². The summed E-state index contributed by atoms with van der Waals surface area (Å²) in [6.45, 7) is 1.80. The topological polar surface area (TPSA) is 63.2 Å². The number of nitrogens with one attached hydrogen (secondary N) is 2. The highest BCUT2D eigenvalue weighted by atomic mass is 35.5. The third kappa shape index (κ3) is 4.87. The predicted octanol–water partition coefficient (Wildman–Crippen LogP) is 0.852. The maximum absolute atomic E-state index is 11.7. The zero-order valence-corrected chi connectivity index (χ0v) is 10.7. The smallest absolute Gasteiger partial charge is 0.243 e. The molecule has 0 aromatic carbocycles. The summed E-state index contributed by atoms with van der Waals surface area (Å²) < 4.78 is 5.20. The van der Waals surface area contributed by atoms with Crippen molar-refractivity contribution in [3.8, 4) is 0 Å². The van der Waals surface area contributed by atoms with Crippen molar-refractivity contribution < 1.29 is 9.53 Å². The molecule has 0 spiro atoms. The molecule has 1 aromatic rings. The molecule has 2 N–H and O–H groups in total. The van der Waals surface area contributed by atoms with Crippen molar-refractivity contribution in [1.82, 2.24) is 10.3 Å². The number of hydrogen-bond acceptors (Lipinski definition) is 4. The van der Waals surface area contributed by atoms with Gasteiger partial charge in [-0.1, -0.05) is 0 Å². The lowest BCUT2D eigenvalue weighted by Gasteiger charge is -2.22. The molecule has 1 saturated heterocycles. The number of rotatable bonds is 2. The van der Waals surface area contributed by atoms with Crippen molar-refractivity contribution in [2.24, 2.45) is 0 Å². The second-order valence-corrected chi connectivity index (χ2v) is 3.31. The van der Waals surface area contributed by atoms with Gasteiger partial charge in [0.1, 0.15) is 6.04 Å². The molecular weight excluding hydrogens is 265 g/mol. The highest BCUT2D eigenvalue weighted by Gasteiger charge is 2.20. The van der Waals surface area contributed by atoms with Crippen LogP contribution in [0.15, 0.2) is 24.5 Å². The predicted molar refractivity (Wildman–Crippen MR) is 70.0 cm³/mol. The molecule has 0 radical (unpaired) electrons. The van der Waals surface area contributed by atoms with Crippen molar-refractivity contribution in [3.05, 3.63) is 24.5 Å². The summed E-state index contributed by atoms with van der Waals surface area (Å²) in [7, 11) is 0. The molecule has 1 aromatic heterocycles. The Kier molecular flexibility index (Phi) is 7.82. The number of anilines is 1. The van der Waals surface area contributed by atoms with Gasteiger partial charge in [-0.05, 0) is 12.1 Å². The van der Waals surface area contributed by atoms with Crippen molar-refractivity contribution in [3.63, 3.8) is 0 Å². The fourth-order valence-corrected chi connectivity index (χ4v) is 1.40. The average Bonchev–Trinajstić information content (AvgIpc) is 2.31. The Morgan fingerprint density at radius 2 is 2.35 bits per heavy atom. The minimum atomic E-state index is -0.265. The molecule has 1 unspecified atom stereocenters. The summed E-state index contributed by atoms with van der Waals surface area (Å²) in [6.07, 6.45) is 3.28. The lowest BCUT2D eigenvalue weighted by Crippen LogP contribution is -2.48. The van der Waals surface area contributed by atoms with E-state index in [1.165, 1.54) is 0 Å². The normalized spacial score (nSPS) is 18.5. The van der Waals surface area contributed by atoms with Crippen molar-refractivity contribution in [2.75, 3.05) is 25.1 Å². The summed E-state index contributed by atoms with van der Waals surface area (Å²) >= 11 is 0. The summed E-state index contributed by atoms with van der Waals surface area (Å²) in [5, 5.41) is 5.85. The van der Waals surface area contributed by atoms with Crippen LogP contribution in [0.25, 0.3) is 0 Å². The van der Waals surface area contributed by atoms with Crippen molar-refractivity contribution in [1.29, 1.82) is 0 Å². The van der Waals surface area contributed by atoms with E-state index in [0.717, 1.165) is 0 Å². The summed E-state index contributed by atoms with van der Waals surface area (Å²) in [6, 6.07) is 3.31. The number of morpholine rings is 1. The molecule has 1 fully saturated rings. The number of nitrogens with zero attached hydrogens (tertiary/aromatic N) is 1. The Balaban J connectivity index is 0.00000128. The number of carbonyl (C=O) groups is 1. The van der Waals surface area contributed by atoms with Crippen LogP contribution in [0.5, 0.6) is 0 Å². The molecular formula is C10H15Cl2N3O2. The average molecular weight is 280 g/mol. The zero-order chi connectivity index (χ0) is 10.5. The lowest BCUT2D eigenvalue weighted by molar-refractivity contribution is -0.120. The fraction of sp³-hybridized carbons (Fsp3) is 0.400. The molecule has 17 heavy (non-hydrogen) atoms. The Morgan fingerprint density at radius 1 is 1.53 bits per heavy atom. The van der Waals surface area contributed by atoms with Crippen LogP contribution in [0.4, 0.5) is 5.69 Å². The van der Waals surface area contributed by atoms with Crippen molar-refractivity contribution in [2.45, 2.75) is 6.04 Å². The van der Waals surface area contributed by atoms with Gasteiger partial charge in [-0.3, -0.25) is 9.78 Å². The number of pyridine rings is 1. The minimum absolute atomic E-state index is 0. The van der Waals surface area contributed by atoms with Gasteiger partial charge in [0.15, 0.2) is 0 Å². The SMILES string of the molecule is Cl.Cl.O=C(Nc1cccnc1)C1COCCN1. The molecule has 96 valence electrons. The zero-order valence-electron chi connectivity index (χ0n) is 9.09. The van der Waals surface area contributed by atoms with Gasteiger partial charge < -0.3 is 15.4 Å². The van der Waals surface area contributed by atoms with Crippen LogP contribution < -0.4 is 10.6 Å². The number of carbonyl (C=O) groups excluding carboxylic acids is 1. The van der Waals surface area contributed by atoms with E-state index < -0.39 is 0 Å². The third-order valence-corrected chi connectivity index (χ3v) is 2.17. The van der Waals surface area contributed by atoms with Crippen molar-refractivity contribution >= 4 is 36.4 Å². The Bertz CT molecular complexity index is 332. The molecule has 1 aliphatic heterocycles. The fourth-order valence-electron chi connectivity index (χ4n) is 1.40. The number of hydrogen-bond donors (Lipinski definition) is 2. The highest BCUT2D eigenvalue weighted by Crippen LogP contribution is 2.04. The second kappa shape index (κ2) is 8.25. The van der Waals surface area contributed by atoms with Gasteiger partial charge in [-0.2, -0.15) is 0 Å². The van der Waals surface area contributed by atoms with Gasteiger partial charge in [0.25, 0.3) is 0 Å². The number of aromatic nitrogens is 1. The van der Waals surface area contributed by atoms with E-state index in [2.05, 4.69) is 15.6 Å². The van der Waals surface area contributed by atoms with Gasteiger partial charge in [0.05, 0.1) is 25.1 Å². The summed E-state index contributed by atoms with van der Waals surface area (Å²) in [5.41, 5.74) is 0.704. The van der Waals surface area contributed by atoms with E-state index >= 15 is 0 Å². The first-order valence-electron chi connectivity index (χ1n) is 4.88. The van der Waals surface area contributed by atoms with Crippen LogP contribution in [-0.2, 0) is 9.53 Å². The van der Waals surface area contributed by atoms with Crippen LogP contribution in [0.3, 0.4) is 0 Å². The van der Waals surface area contributed by atoms with Crippen LogP contribution in [0.2, 0.25) is 0 Å². The van der Waals surface area contributed by atoms with Crippen LogP contribution >= 0.6 is 24.8 Å². The molecule has 1 atom stereocenters. The maximum atomic E-state index is 11.7. The molecule has 1 aliphatic rings. The van der Waals surface area contributed by atoms with Gasteiger partial charge in [-0.25, -0.2) is 0 Å². The van der Waals surface area contributed by atoms with Gasteiger partial charge in [0, 0.05) is 12.7 Å². The van der Waals surface area contributed by atoms with Gasteiger partial charge in [0.2, 0.25) is 5.91 Å². The minimum Gasteiger partial charge on any atom is -0.378 e. The van der Waals surface area contributed by atoms with E-state index in [0.29, 0.717) is 25.4 Å². The number of amides is 1. The Morgan fingerprint density at radius 3 is 2.94 bits per heavy atom. The molecule has 0 bridgehead atoms. The molecule has 7 heteroatoms. The van der Waals surface area contributed by atoms with Gasteiger partial charge >= 0.3 is 0 Å². The molecule has 0 saturated carbocycles. The monoisotopic (exact) mass is 279 g/mol. The van der Waals surface area contributed by atoms with E-state index in [-0.39, 0.29) is 36.8 Å². The number of halogens is 2. The van der Waals surface area contributed by atoms with E-state index in [1.54, 1.807) is 24.5 Å². The molecule has 0 aliphatic carbocycles. The quantitative estimate of drug-likeness (QED) is 0.843. The van der Waals surface area contributed by atoms with Crippen LogP contribution in [0.1, 0.15) is 0 Å². The van der Waals surface area contributed by atoms with E-state index in [4.69, 9.17) is 4.74 Å². The molecule has 1 amide bonds. The van der Waals surface area contributed by atoms with E-state index in [9.17, 15) is 4.79 Å². The van der Waals surface area contributed by atoms with Crippen LogP contribution in [0, 0.1) is 0 Å². The number of ether oxygens (including phenoxy) is 1. The molecule has 2 heterocycles. The largest absolute Gasteiger partial charge is 0.378 e. The first-order chi connectivity index (χ1) is 7.36. The Hall–Kier alpha value is -0.880.